The first-order valence-corrected chi connectivity index (χ1v) is 15.7. The first-order chi connectivity index (χ1) is 20.5. The van der Waals surface area contributed by atoms with Gasteiger partial charge in [0.05, 0.1) is 24.2 Å². The van der Waals surface area contributed by atoms with E-state index >= 15 is 0 Å². The Balaban J connectivity index is 1.33. The number of hydrogen-bond donors (Lipinski definition) is 0. The average Bonchev–Trinajstić information content (AvgIpc) is 3.51. The molecule has 4 aliphatic rings. The lowest BCUT2D eigenvalue weighted by molar-refractivity contribution is -0.128. The van der Waals surface area contributed by atoms with Crippen molar-refractivity contribution in [2.45, 2.75) is 70.0 Å². The molecule has 2 fully saturated rings. The molecule has 4 heterocycles. The van der Waals surface area contributed by atoms with E-state index in [0.29, 0.717) is 38.1 Å². The van der Waals surface area contributed by atoms with E-state index in [1.165, 1.54) is 28.9 Å². The molecular formula is C33H44N8O. The predicted octanol–water partition coefficient (Wildman–Crippen LogP) is 3.43. The average molecular weight is 569 g/mol. The van der Waals surface area contributed by atoms with E-state index in [1.807, 2.05) is 11.8 Å². The highest BCUT2D eigenvalue weighted by molar-refractivity contribution is 5.88. The molecule has 0 N–H and O–H groups in total. The van der Waals surface area contributed by atoms with E-state index < -0.39 is 0 Å². The number of para-hydroxylation sites is 1. The normalized spacial score (nSPS) is 24.2. The van der Waals surface area contributed by atoms with Crippen LogP contribution in [0.2, 0.25) is 0 Å². The van der Waals surface area contributed by atoms with Gasteiger partial charge in [0.2, 0.25) is 11.9 Å². The SMILES string of the molecule is C/C=C/C(=O)N1CCN(c2nc(N3CC[C@H](N(C)C)C3)nc3c2CC[C@@H](N2CCCc4ccccc42)C3)C[C@@H]1CC#N. The number of benzene rings is 1. The summed E-state index contributed by atoms with van der Waals surface area (Å²) in [7, 11) is 4.30. The smallest absolute Gasteiger partial charge is 0.246 e. The summed E-state index contributed by atoms with van der Waals surface area (Å²) in [6.45, 7) is 6.74. The molecule has 222 valence electrons. The summed E-state index contributed by atoms with van der Waals surface area (Å²) in [5.41, 5.74) is 5.28. The van der Waals surface area contributed by atoms with Crippen molar-refractivity contribution >= 4 is 23.4 Å². The lowest BCUT2D eigenvalue weighted by Gasteiger charge is -2.43. The molecule has 9 nitrogen and oxygen atoms in total. The van der Waals surface area contributed by atoms with Crippen LogP contribution in [0.1, 0.15) is 49.4 Å². The molecule has 1 aliphatic carbocycles. The maximum absolute atomic E-state index is 12.8. The molecule has 0 spiro atoms. The minimum absolute atomic E-state index is 0.0146. The second kappa shape index (κ2) is 12.3. The zero-order valence-corrected chi connectivity index (χ0v) is 25.4. The van der Waals surface area contributed by atoms with Crippen LogP contribution in [-0.4, -0.2) is 97.2 Å². The number of nitrogens with zero attached hydrogens (tertiary/aromatic N) is 8. The van der Waals surface area contributed by atoms with Gasteiger partial charge in [-0.25, -0.2) is 4.98 Å². The maximum atomic E-state index is 12.8. The Hall–Kier alpha value is -3.64. The Morgan fingerprint density at radius 3 is 2.71 bits per heavy atom. The number of hydrogen-bond acceptors (Lipinski definition) is 8. The zero-order valence-electron chi connectivity index (χ0n) is 25.4. The van der Waals surface area contributed by atoms with Crippen LogP contribution >= 0.6 is 0 Å². The fraction of sp³-hybridized carbons (Fsp3) is 0.576. The Labute approximate surface area is 250 Å². The van der Waals surface area contributed by atoms with Crippen molar-refractivity contribution in [3.63, 3.8) is 0 Å². The number of piperazine rings is 1. The molecule has 1 aromatic carbocycles. The Morgan fingerprint density at radius 1 is 1.07 bits per heavy atom. The number of anilines is 3. The number of rotatable bonds is 6. The Bertz CT molecular complexity index is 1370. The lowest BCUT2D eigenvalue weighted by atomic mass is 9.88. The highest BCUT2D eigenvalue weighted by Gasteiger charge is 2.36. The Kier molecular flexibility index (Phi) is 8.34. The number of aromatic nitrogens is 2. The van der Waals surface area contributed by atoms with E-state index in [9.17, 15) is 10.1 Å². The third-order valence-corrected chi connectivity index (χ3v) is 9.68. The standard InChI is InChI=1S/C33H44N8O/c1-4-8-31(42)41-20-19-38(23-27(41)14-16-34)32-28-13-12-25(40-17-7-10-24-9-5-6-11-30(24)40)21-29(28)35-33(36-32)39-18-15-26(22-39)37(2)3/h4-6,8-9,11,25-27H,7,10,12-15,17-23H2,1-3H3/b8-4+/t25-,26+,27+/m1/s1. The quantitative estimate of drug-likeness (QED) is 0.491. The lowest BCUT2D eigenvalue weighted by Crippen LogP contribution is -2.55. The number of carbonyl (C=O) groups is 1. The molecule has 6 rings (SSSR count). The summed E-state index contributed by atoms with van der Waals surface area (Å²) in [6, 6.07) is 12.0. The molecule has 0 radical (unpaired) electrons. The topological polar surface area (TPSA) is 82.8 Å². The number of amides is 1. The van der Waals surface area contributed by atoms with Crippen molar-refractivity contribution in [3.8, 4) is 6.07 Å². The molecule has 2 saturated heterocycles. The van der Waals surface area contributed by atoms with Crippen molar-refractivity contribution in [3.05, 3.63) is 53.2 Å². The van der Waals surface area contributed by atoms with Crippen molar-refractivity contribution in [2.24, 2.45) is 0 Å². The van der Waals surface area contributed by atoms with Gasteiger partial charge in [0, 0.05) is 69.0 Å². The van der Waals surface area contributed by atoms with Gasteiger partial charge in [-0.1, -0.05) is 24.3 Å². The molecule has 0 unspecified atom stereocenters. The predicted molar refractivity (Wildman–Crippen MR) is 167 cm³/mol. The van der Waals surface area contributed by atoms with E-state index in [1.54, 1.807) is 12.2 Å². The number of fused-ring (bicyclic) bond motifs is 2. The van der Waals surface area contributed by atoms with Crippen molar-refractivity contribution in [1.29, 1.82) is 5.26 Å². The van der Waals surface area contributed by atoms with Crippen LogP contribution in [0.4, 0.5) is 17.5 Å². The molecule has 9 heteroatoms. The molecule has 1 amide bonds. The largest absolute Gasteiger partial charge is 0.368 e. The first kappa shape index (κ1) is 28.5. The van der Waals surface area contributed by atoms with E-state index in [2.05, 4.69) is 64.0 Å². The molecule has 3 aliphatic heterocycles. The second-order valence-electron chi connectivity index (χ2n) is 12.4. The van der Waals surface area contributed by atoms with Gasteiger partial charge in [-0.05, 0) is 70.8 Å². The number of aryl methyl sites for hydroxylation is 1. The first-order valence-electron chi connectivity index (χ1n) is 15.7. The fourth-order valence-electron chi connectivity index (χ4n) is 7.38. The van der Waals surface area contributed by atoms with Crippen molar-refractivity contribution in [2.75, 3.05) is 68.1 Å². The summed E-state index contributed by atoms with van der Waals surface area (Å²) in [5.74, 6) is 1.83. The zero-order chi connectivity index (χ0) is 29.2. The van der Waals surface area contributed by atoms with Gasteiger partial charge >= 0.3 is 0 Å². The van der Waals surface area contributed by atoms with Crippen LogP contribution in [0.15, 0.2) is 36.4 Å². The maximum Gasteiger partial charge on any atom is 0.246 e. The highest BCUT2D eigenvalue weighted by atomic mass is 16.2. The van der Waals surface area contributed by atoms with E-state index in [4.69, 9.17) is 9.97 Å². The minimum atomic E-state index is -0.160. The fourth-order valence-corrected chi connectivity index (χ4v) is 7.38. The molecule has 2 aromatic rings. The van der Waals surface area contributed by atoms with Gasteiger partial charge in [-0.15, -0.1) is 0 Å². The second-order valence-corrected chi connectivity index (χ2v) is 12.4. The summed E-state index contributed by atoms with van der Waals surface area (Å²) >= 11 is 0. The van der Waals surface area contributed by atoms with Crippen LogP contribution in [-0.2, 0) is 24.1 Å². The highest BCUT2D eigenvalue weighted by Crippen LogP contribution is 2.37. The molecule has 3 atom stereocenters. The molecule has 1 aromatic heterocycles. The van der Waals surface area contributed by atoms with Gasteiger partial charge in [-0.3, -0.25) is 4.79 Å². The molecule has 42 heavy (non-hydrogen) atoms. The minimum Gasteiger partial charge on any atom is -0.368 e. The summed E-state index contributed by atoms with van der Waals surface area (Å²) in [4.78, 5) is 34.9. The van der Waals surface area contributed by atoms with E-state index in [0.717, 1.165) is 63.5 Å². The number of allylic oxidation sites excluding steroid dienone is 1. The van der Waals surface area contributed by atoms with Gasteiger partial charge in [0.1, 0.15) is 5.82 Å². The monoisotopic (exact) mass is 568 g/mol. The molecule has 0 bridgehead atoms. The molecule has 0 saturated carbocycles. The number of carbonyl (C=O) groups excluding carboxylic acids is 1. The molecular weight excluding hydrogens is 524 g/mol. The van der Waals surface area contributed by atoms with Gasteiger partial charge < -0.3 is 24.5 Å². The Morgan fingerprint density at radius 2 is 1.93 bits per heavy atom. The van der Waals surface area contributed by atoms with Crippen LogP contribution in [0.3, 0.4) is 0 Å². The van der Waals surface area contributed by atoms with E-state index in [-0.39, 0.29) is 11.9 Å². The summed E-state index contributed by atoms with van der Waals surface area (Å²) in [6.07, 6.45) is 10.1. The third kappa shape index (κ3) is 5.57. The van der Waals surface area contributed by atoms with Gasteiger partial charge in [0.25, 0.3) is 0 Å². The van der Waals surface area contributed by atoms with Gasteiger partial charge in [0.15, 0.2) is 0 Å². The number of nitriles is 1. The van der Waals surface area contributed by atoms with Crippen molar-refractivity contribution < 1.29 is 4.79 Å². The summed E-state index contributed by atoms with van der Waals surface area (Å²) in [5, 5.41) is 9.61. The van der Waals surface area contributed by atoms with Crippen LogP contribution in [0.25, 0.3) is 0 Å². The number of likely N-dealkylation sites (N-methyl/N-ethyl adjacent to an activating group) is 1. The van der Waals surface area contributed by atoms with Crippen molar-refractivity contribution in [1.82, 2.24) is 19.8 Å². The third-order valence-electron chi connectivity index (χ3n) is 9.68. The van der Waals surface area contributed by atoms with Gasteiger partial charge in [-0.2, -0.15) is 10.2 Å². The summed E-state index contributed by atoms with van der Waals surface area (Å²) < 4.78 is 0. The van der Waals surface area contributed by atoms with Crippen LogP contribution < -0.4 is 14.7 Å². The van der Waals surface area contributed by atoms with Crippen LogP contribution in [0, 0.1) is 11.3 Å². The van der Waals surface area contributed by atoms with Crippen LogP contribution in [0.5, 0.6) is 0 Å².